The molecule has 11 heteroatoms. The van der Waals surface area contributed by atoms with E-state index < -0.39 is 23.9 Å². The second-order valence-corrected chi connectivity index (χ2v) is 4.98. The molecule has 8 nitrogen and oxygen atoms in total. The molecule has 3 aromatic rings. The van der Waals surface area contributed by atoms with E-state index in [1.54, 1.807) is 30.3 Å². The minimum Gasteiger partial charge on any atom is -0.351 e. The zero-order valence-electron chi connectivity index (χ0n) is 12.7. The number of benzene rings is 1. The molecule has 3 N–H and O–H groups in total. The molecule has 1 aromatic carbocycles. The molecule has 25 heavy (non-hydrogen) atoms. The third-order valence-corrected chi connectivity index (χ3v) is 3.25. The topological polar surface area (TPSA) is 112 Å². The summed E-state index contributed by atoms with van der Waals surface area (Å²) in [5, 5.41) is 9.48. The first-order valence-electron chi connectivity index (χ1n) is 6.90. The summed E-state index contributed by atoms with van der Waals surface area (Å²) >= 11 is 0. The summed E-state index contributed by atoms with van der Waals surface area (Å²) in [6.07, 6.45) is -4.74. The van der Waals surface area contributed by atoms with E-state index in [-0.39, 0.29) is 11.5 Å². The maximum atomic E-state index is 12.7. The summed E-state index contributed by atoms with van der Waals surface area (Å²) in [5.74, 6) is -1.66. The van der Waals surface area contributed by atoms with E-state index in [0.29, 0.717) is 11.3 Å². The number of nitrogens with two attached hydrogens (primary N) is 1. The molecule has 0 saturated heterocycles. The van der Waals surface area contributed by atoms with Crippen molar-refractivity contribution in [3.8, 4) is 17.3 Å². The van der Waals surface area contributed by atoms with Crippen molar-refractivity contribution < 1.29 is 22.5 Å². The fourth-order valence-corrected chi connectivity index (χ4v) is 2.15. The van der Waals surface area contributed by atoms with Gasteiger partial charge in [0.1, 0.15) is 5.82 Å². The average molecular weight is 352 g/mol. The lowest BCUT2D eigenvalue weighted by Gasteiger charge is -2.07. The van der Waals surface area contributed by atoms with E-state index in [0.717, 1.165) is 0 Å². The number of rotatable bonds is 3. The molecule has 0 aliphatic heterocycles. The van der Waals surface area contributed by atoms with Gasteiger partial charge >= 0.3 is 12.2 Å². The predicted molar refractivity (Wildman–Crippen MR) is 79.8 cm³/mol. The van der Waals surface area contributed by atoms with E-state index in [1.807, 2.05) is 0 Å². The van der Waals surface area contributed by atoms with Crippen LogP contribution >= 0.6 is 0 Å². The third-order valence-electron chi connectivity index (χ3n) is 3.25. The summed E-state index contributed by atoms with van der Waals surface area (Å²) in [5.41, 5.74) is 6.03. The highest BCUT2D eigenvalue weighted by Crippen LogP contribution is 2.32. The van der Waals surface area contributed by atoms with E-state index in [9.17, 15) is 18.0 Å². The summed E-state index contributed by atoms with van der Waals surface area (Å²) in [4.78, 5) is 14.6. The van der Waals surface area contributed by atoms with Crippen LogP contribution in [0.1, 0.15) is 11.4 Å². The Kier molecular flexibility index (Phi) is 3.91. The maximum Gasteiger partial charge on any atom is 0.455 e. The molecule has 0 bridgehead atoms. The smallest absolute Gasteiger partial charge is 0.351 e. The number of amides is 2. The second kappa shape index (κ2) is 5.92. The molecule has 0 fully saturated rings. The van der Waals surface area contributed by atoms with Crippen molar-refractivity contribution in [2.24, 2.45) is 5.73 Å². The number of anilines is 1. The van der Waals surface area contributed by atoms with Gasteiger partial charge in [-0.3, -0.25) is 5.32 Å². The zero-order chi connectivity index (χ0) is 18.2. The Morgan fingerprint density at radius 2 is 1.96 bits per heavy atom. The van der Waals surface area contributed by atoms with Gasteiger partial charge in [0.05, 0.1) is 5.69 Å². The zero-order valence-corrected chi connectivity index (χ0v) is 12.7. The molecule has 0 aliphatic carbocycles. The predicted octanol–water partition coefficient (Wildman–Crippen LogP) is 2.74. The Hall–Kier alpha value is -3.37. The van der Waals surface area contributed by atoms with Gasteiger partial charge in [-0.1, -0.05) is 23.4 Å². The van der Waals surface area contributed by atoms with Crippen LogP contribution in [0.15, 0.2) is 34.9 Å². The number of carbonyl (C=O) groups excluding carboxylic acids is 1. The van der Waals surface area contributed by atoms with Gasteiger partial charge in [0.25, 0.3) is 11.7 Å². The number of hydrogen-bond acceptors (Lipinski definition) is 5. The van der Waals surface area contributed by atoms with E-state index in [4.69, 9.17) is 5.73 Å². The van der Waals surface area contributed by atoms with Crippen LogP contribution in [0.5, 0.6) is 0 Å². The Bertz CT molecular complexity index is 917. The number of para-hydroxylation sites is 1. The lowest BCUT2D eigenvalue weighted by atomic mass is 10.2. The quantitative estimate of drug-likeness (QED) is 0.753. The normalized spacial score (nSPS) is 11.5. The first kappa shape index (κ1) is 16.5. The van der Waals surface area contributed by atoms with E-state index in [2.05, 4.69) is 25.1 Å². The number of nitrogens with zero attached hydrogens (tertiary/aromatic N) is 4. The molecule has 2 aromatic heterocycles. The highest BCUT2D eigenvalue weighted by molar-refractivity contribution is 5.89. The monoisotopic (exact) mass is 352 g/mol. The molecular weight excluding hydrogens is 341 g/mol. The summed E-state index contributed by atoms with van der Waals surface area (Å²) in [6.45, 7) is 1.53. The van der Waals surface area contributed by atoms with Gasteiger partial charge in [0.15, 0.2) is 5.69 Å². The van der Waals surface area contributed by atoms with Crippen LogP contribution in [0.2, 0.25) is 0 Å². The number of alkyl halides is 3. The van der Waals surface area contributed by atoms with Crippen molar-refractivity contribution in [3.05, 3.63) is 41.7 Å². The molecule has 0 spiro atoms. The Balaban J connectivity index is 2.14. The number of halogens is 3. The standard InChI is InChI=1S/C14H11F3N6O2/c1-7-9(11-20-12(22-25-11)14(15,16)17)21-23(10(7)19-13(18)24)8-5-3-2-4-6-8/h2-6H,1H3,(H3,18,19,24). The molecule has 3 rings (SSSR count). The summed E-state index contributed by atoms with van der Waals surface area (Å²) < 4.78 is 43.9. The average Bonchev–Trinajstić information content (AvgIpc) is 3.14. The highest BCUT2D eigenvalue weighted by atomic mass is 19.4. The van der Waals surface area contributed by atoms with Crippen LogP contribution in [-0.4, -0.2) is 26.0 Å². The minimum absolute atomic E-state index is 0.00407. The third kappa shape index (κ3) is 3.16. The van der Waals surface area contributed by atoms with Gasteiger partial charge in [-0.25, -0.2) is 9.48 Å². The number of aromatic nitrogens is 4. The molecule has 0 atom stereocenters. The Labute approximate surface area is 138 Å². The van der Waals surface area contributed by atoms with Crippen molar-refractivity contribution in [2.75, 3.05) is 5.32 Å². The summed E-state index contributed by atoms with van der Waals surface area (Å²) in [6, 6.07) is 7.76. The van der Waals surface area contributed by atoms with Gasteiger partial charge in [-0.15, -0.1) is 0 Å². The van der Waals surface area contributed by atoms with Crippen LogP contribution < -0.4 is 11.1 Å². The molecule has 0 aliphatic rings. The number of primary amides is 1. The molecule has 0 radical (unpaired) electrons. The highest BCUT2D eigenvalue weighted by Gasteiger charge is 2.38. The van der Waals surface area contributed by atoms with Crippen molar-refractivity contribution in [1.82, 2.24) is 19.9 Å². The fourth-order valence-electron chi connectivity index (χ4n) is 2.15. The minimum atomic E-state index is -4.74. The van der Waals surface area contributed by atoms with Gasteiger partial charge < -0.3 is 10.3 Å². The molecule has 0 saturated carbocycles. The van der Waals surface area contributed by atoms with Gasteiger partial charge in [-0.05, 0) is 19.1 Å². The van der Waals surface area contributed by atoms with Crippen LogP contribution in [0.25, 0.3) is 17.3 Å². The molecule has 0 unspecified atom stereocenters. The molecule has 2 heterocycles. The van der Waals surface area contributed by atoms with Crippen LogP contribution in [-0.2, 0) is 6.18 Å². The summed E-state index contributed by atoms with van der Waals surface area (Å²) in [7, 11) is 0. The first-order valence-corrected chi connectivity index (χ1v) is 6.90. The largest absolute Gasteiger partial charge is 0.455 e. The van der Waals surface area contributed by atoms with E-state index in [1.165, 1.54) is 11.6 Å². The van der Waals surface area contributed by atoms with Gasteiger partial charge in [0.2, 0.25) is 0 Å². The first-order chi connectivity index (χ1) is 11.8. The van der Waals surface area contributed by atoms with Gasteiger partial charge in [-0.2, -0.15) is 23.3 Å². The van der Waals surface area contributed by atoms with Gasteiger partial charge in [0, 0.05) is 5.56 Å². The Morgan fingerprint density at radius 1 is 1.28 bits per heavy atom. The van der Waals surface area contributed by atoms with Crippen LogP contribution in [0.3, 0.4) is 0 Å². The van der Waals surface area contributed by atoms with Crippen molar-refractivity contribution in [2.45, 2.75) is 13.1 Å². The molecular formula is C14H11F3N6O2. The van der Waals surface area contributed by atoms with Crippen LogP contribution in [0, 0.1) is 6.92 Å². The lowest BCUT2D eigenvalue weighted by molar-refractivity contribution is -0.146. The van der Waals surface area contributed by atoms with Crippen molar-refractivity contribution in [1.29, 1.82) is 0 Å². The number of hydrogen-bond donors (Lipinski definition) is 2. The van der Waals surface area contributed by atoms with Crippen molar-refractivity contribution >= 4 is 11.8 Å². The number of carbonyl (C=O) groups is 1. The maximum absolute atomic E-state index is 12.7. The van der Waals surface area contributed by atoms with Crippen LogP contribution in [0.4, 0.5) is 23.8 Å². The molecule has 2 amide bonds. The number of urea groups is 1. The van der Waals surface area contributed by atoms with Crippen molar-refractivity contribution in [3.63, 3.8) is 0 Å². The van der Waals surface area contributed by atoms with E-state index >= 15 is 0 Å². The lowest BCUT2D eigenvalue weighted by Crippen LogP contribution is -2.21. The Morgan fingerprint density at radius 3 is 2.52 bits per heavy atom. The number of nitrogens with one attached hydrogen (secondary N) is 1. The second-order valence-electron chi connectivity index (χ2n) is 4.98. The fraction of sp³-hybridized carbons (Fsp3) is 0.143. The molecule has 130 valence electrons. The SMILES string of the molecule is Cc1c(-c2nc(C(F)(F)F)no2)nn(-c2ccccc2)c1NC(N)=O.